The molecule has 0 spiro atoms. The van der Waals surface area contributed by atoms with E-state index in [4.69, 9.17) is 0 Å². The summed E-state index contributed by atoms with van der Waals surface area (Å²) in [6, 6.07) is 10.6. The lowest BCUT2D eigenvalue weighted by Crippen LogP contribution is -2.32. The van der Waals surface area contributed by atoms with Crippen LogP contribution in [0.4, 0.5) is 0 Å². The van der Waals surface area contributed by atoms with E-state index in [0.717, 1.165) is 55.7 Å². The van der Waals surface area contributed by atoms with Crippen LogP contribution >= 0.6 is 22.7 Å². The SMILES string of the molecule is O=C(c1cc2sc3ccccc3c2s1)N1CC[C@@H]2CNC[C@@H]2CC1. The third-order valence-corrected chi connectivity index (χ3v) is 7.97. The van der Waals surface area contributed by atoms with Crippen LogP contribution < -0.4 is 5.32 Å². The first-order valence-electron chi connectivity index (χ1n) is 8.70. The average molecular weight is 357 g/mol. The number of hydrogen-bond donors (Lipinski definition) is 1. The normalized spacial score (nSPS) is 24.4. The first-order chi connectivity index (χ1) is 11.8. The maximum absolute atomic E-state index is 13.0. The van der Waals surface area contributed by atoms with Crippen LogP contribution in [0.15, 0.2) is 30.3 Å². The second-order valence-electron chi connectivity index (χ2n) is 6.95. The molecule has 2 saturated heterocycles. The van der Waals surface area contributed by atoms with E-state index in [9.17, 15) is 4.79 Å². The molecule has 0 unspecified atom stereocenters. The molecule has 5 heteroatoms. The second kappa shape index (κ2) is 5.83. The van der Waals surface area contributed by atoms with Crippen molar-refractivity contribution < 1.29 is 4.79 Å². The number of rotatable bonds is 1. The molecule has 0 aliphatic carbocycles. The summed E-state index contributed by atoms with van der Waals surface area (Å²) in [5.74, 6) is 1.76. The number of carbonyl (C=O) groups excluding carboxylic acids is 1. The Bertz CT molecular complexity index is 899. The quantitative estimate of drug-likeness (QED) is 0.709. The van der Waals surface area contributed by atoms with E-state index in [1.165, 1.54) is 19.5 Å². The van der Waals surface area contributed by atoms with Gasteiger partial charge in [-0.2, -0.15) is 0 Å². The molecule has 3 nitrogen and oxygen atoms in total. The van der Waals surface area contributed by atoms with Crippen LogP contribution in [0.1, 0.15) is 22.5 Å². The van der Waals surface area contributed by atoms with Crippen molar-refractivity contribution in [2.24, 2.45) is 11.8 Å². The standard InChI is InChI=1S/C19H20N2OS2/c22-19(21-7-5-12-10-20-11-13(12)6-8-21)17-9-16-18(24-17)14-3-1-2-4-15(14)23-16/h1-4,9,12-13,20H,5-8,10-11H2/t12-,13+. The molecule has 3 aromatic rings. The minimum atomic E-state index is 0.236. The van der Waals surface area contributed by atoms with E-state index in [1.54, 1.807) is 22.7 Å². The van der Waals surface area contributed by atoms with Crippen molar-refractivity contribution in [2.45, 2.75) is 12.8 Å². The van der Waals surface area contributed by atoms with Crippen LogP contribution in [0.25, 0.3) is 19.5 Å². The smallest absolute Gasteiger partial charge is 0.263 e. The van der Waals surface area contributed by atoms with Crippen LogP contribution in [0, 0.1) is 11.8 Å². The van der Waals surface area contributed by atoms with E-state index in [2.05, 4.69) is 40.5 Å². The first-order valence-corrected chi connectivity index (χ1v) is 10.3. The van der Waals surface area contributed by atoms with E-state index >= 15 is 0 Å². The highest BCUT2D eigenvalue weighted by Gasteiger charge is 2.32. The fourth-order valence-electron chi connectivity index (χ4n) is 4.18. The van der Waals surface area contributed by atoms with Gasteiger partial charge in [-0.25, -0.2) is 0 Å². The fraction of sp³-hybridized carbons (Fsp3) is 0.421. The van der Waals surface area contributed by atoms with Gasteiger partial charge in [0.25, 0.3) is 5.91 Å². The van der Waals surface area contributed by atoms with Gasteiger partial charge in [0.15, 0.2) is 0 Å². The van der Waals surface area contributed by atoms with Crippen molar-refractivity contribution in [1.29, 1.82) is 0 Å². The summed E-state index contributed by atoms with van der Waals surface area (Å²) in [7, 11) is 0. The van der Waals surface area contributed by atoms with Gasteiger partial charge in [-0.15, -0.1) is 22.7 Å². The highest BCUT2D eigenvalue weighted by Crippen LogP contribution is 2.40. The molecule has 2 aliphatic rings. The molecule has 5 rings (SSSR count). The maximum Gasteiger partial charge on any atom is 0.263 e. The lowest BCUT2D eigenvalue weighted by Gasteiger charge is -2.20. The molecule has 1 aromatic carbocycles. The minimum absolute atomic E-state index is 0.236. The maximum atomic E-state index is 13.0. The van der Waals surface area contributed by atoms with Gasteiger partial charge in [0.05, 0.1) is 9.58 Å². The number of benzene rings is 1. The Morgan fingerprint density at radius 1 is 1.04 bits per heavy atom. The Morgan fingerprint density at radius 2 is 1.79 bits per heavy atom. The molecule has 1 amide bonds. The molecule has 2 aromatic heterocycles. The van der Waals surface area contributed by atoms with Crippen molar-refractivity contribution in [3.8, 4) is 0 Å². The summed E-state index contributed by atoms with van der Waals surface area (Å²) in [5, 5.41) is 4.79. The molecule has 2 fully saturated rings. The van der Waals surface area contributed by atoms with Crippen LogP contribution in [0.5, 0.6) is 0 Å². The summed E-state index contributed by atoms with van der Waals surface area (Å²) in [5.41, 5.74) is 0. The number of fused-ring (bicyclic) bond motifs is 4. The Hall–Kier alpha value is -1.43. The van der Waals surface area contributed by atoms with Crippen molar-refractivity contribution in [1.82, 2.24) is 10.2 Å². The second-order valence-corrected chi connectivity index (χ2v) is 9.09. The predicted molar refractivity (Wildman–Crippen MR) is 102 cm³/mol. The number of likely N-dealkylation sites (tertiary alicyclic amines) is 1. The number of hydrogen-bond acceptors (Lipinski definition) is 4. The van der Waals surface area contributed by atoms with E-state index in [1.807, 2.05) is 0 Å². The summed E-state index contributed by atoms with van der Waals surface area (Å²) in [6.07, 6.45) is 2.29. The van der Waals surface area contributed by atoms with Crippen LogP contribution in [-0.4, -0.2) is 37.0 Å². The molecule has 2 atom stereocenters. The largest absolute Gasteiger partial charge is 0.338 e. The summed E-state index contributed by atoms with van der Waals surface area (Å²) >= 11 is 3.47. The van der Waals surface area contributed by atoms with E-state index in [0.29, 0.717) is 0 Å². The zero-order valence-electron chi connectivity index (χ0n) is 13.5. The van der Waals surface area contributed by atoms with Crippen molar-refractivity contribution in [3.05, 3.63) is 35.2 Å². The lowest BCUT2D eigenvalue weighted by molar-refractivity contribution is 0.0763. The van der Waals surface area contributed by atoms with E-state index < -0.39 is 0 Å². The van der Waals surface area contributed by atoms with Gasteiger partial charge < -0.3 is 10.2 Å². The number of thiophene rings is 2. The Labute approximate surface area is 149 Å². The van der Waals surface area contributed by atoms with Crippen LogP contribution in [0.2, 0.25) is 0 Å². The van der Waals surface area contributed by atoms with Gasteiger partial charge in [-0.05, 0) is 49.9 Å². The Kier molecular flexibility index (Phi) is 3.61. The third-order valence-electron chi connectivity index (χ3n) is 5.57. The van der Waals surface area contributed by atoms with Crippen molar-refractivity contribution in [2.75, 3.05) is 26.2 Å². The van der Waals surface area contributed by atoms with E-state index in [-0.39, 0.29) is 5.91 Å². The van der Waals surface area contributed by atoms with Crippen LogP contribution in [-0.2, 0) is 0 Å². The first kappa shape index (κ1) is 14.9. The topological polar surface area (TPSA) is 32.3 Å². The Balaban J connectivity index is 1.43. The Morgan fingerprint density at radius 3 is 2.58 bits per heavy atom. The lowest BCUT2D eigenvalue weighted by atomic mass is 9.92. The molecule has 4 heterocycles. The summed E-state index contributed by atoms with van der Waals surface area (Å²) < 4.78 is 3.84. The predicted octanol–water partition coefficient (Wildman–Crippen LogP) is 4.19. The molecular formula is C19H20N2OS2. The molecule has 0 bridgehead atoms. The van der Waals surface area contributed by atoms with Gasteiger partial charge in [-0.1, -0.05) is 18.2 Å². The molecular weight excluding hydrogens is 336 g/mol. The molecule has 1 N–H and O–H groups in total. The third kappa shape index (κ3) is 2.38. The number of nitrogens with zero attached hydrogens (tertiary/aromatic N) is 1. The molecule has 0 saturated carbocycles. The molecule has 2 aliphatic heterocycles. The average Bonchev–Trinajstić information content (AvgIpc) is 3.26. The van der Waals surface area contributed by atoms with Gasteiger partial charge in [0.1, 0.15) is 0 Å². The van der Waals surface area contributed by atoms with Gasteiger partial charge in [0, 0.05) is 27.9 Å². The van der Waals surface area contributed by atoms with Crippen molar-refractivity contribution >= 4 is 48.1 Å². The van der Waals surface area contributed by atoms with Crippen molar-refractivity contribution in [3.63, 3.8) is 0 Å². The van der Waals surface area contributed by atoms with Crippen LogP contribution in [0.3, 0.4) is 0 Å². The monoisotopic (exact) mass is 356 g/mol. The highest BCUT2D eigenvalue weighted by atomic mass is 32.1. The summed E-state index contributed by atoms with van der Waals surface area (Å²) in [4.78, 5) is 16.0. The number of amides is 1. The highest BCUT2D eigenvalue weighted by molar-refractivity contribution is 7.33. The number of nitrogens with one attached hydrogen (secondary N) is 1. The van der Waals surface area contributed by atoms with Gasteiger partial charge in [-0.3, -0.25) is 4.79 Å². The molecule has 0 radical (unpaired) electrons. The fourth-order valence-corrected chi connectivity index (χ4v) is 6.67. The zero-order valence-corrected chi connectivity index (χ0v) is 15.1. The summed E-state index contributed by atoms with van der Waals surface area (Å²) in [6.45, 7) is 4.09. The minimum Gasteiger partial charge on any atom is -0.338 e. The van der Waals surface area contributed by atoms with Gasteiger partial charge in [0.2, 0.25) is 0 Å². The van der Waals surface area contributed by atoms with Gasteiger partial charge >= 0.3 is 0 Å². The zero-order chi connectivity index (χ0) is 16.1. The molecule has 124 valence electrons. The number of carbonyl (C=O) groups is 1. The molecule has 24 heavy (non-hydrogen) atoms.